The van der Waals surface area contributed by atoms with Gasteiger partial charge >= 0.3 is 0 Å². The monoisotopic (exact) mass is 818 g/mol. The third-order valence-electron chi connectivity index (χ3n) is 13.1. The van der Waals surface area contributed by atoms with Gasteiger partial charge in [0.05, 0.1) is 33.4 Å². The van der Waals surface area contributed by atoms with Crippen LogP contribution in [0, 0.1) is 0 Å². The molecule has 0 aliphatic rings. The van der Waals surface area contributed by atoms with Gasteiger partial charge in [0.1, 0.15) is 0 Å². The maximum absolute atomic E-state index is 3.00. The Balaban J connectivity index is 1.29. The second-order valence-corrected chi connectivity index (χ2v) is 20.1. The van der Waals surface area contributed by atoms with Crippen LogP contribution in [0.1, 0.15) is 0 Å². The van der Waals surface area contributed by atoms with Crippen molar-refractivity contribution >= 4 is 72.4 Å². The van der Waals surface area contributed by atoms with E-state index in [1.807, 2.05) is 0 Å². The summed E-state index contributed by atoms with van der Waals surface area (Å²) in [4.78, 5) is 0. The number of benzene rings is 10. The first-order valence-corrected chi connectivity index (χ1v) is 23.8. The van der Waals surface area contributed by atoms with Gasteiger partial charge < -0.3 is 9.13 Å². The minimum absolute atomic E-state index is 1.14. The molecule has 0 radical (unpaired) electrons. The Morgan fingerprint density at radius 1 is 0.270 bits per heavy atom. The molecule has 0 amide bonds. The van der Waals surface area contributed by atoms with Crippen LogP contribution in [0.15, 0.2) is 255 Å². The maximum Gasteiger partial charge on any atom is 0.181 e. The molecule has 296 valence electrons. The van der Waals surface area contributed by atoms with Crippen molar-refractivity contribution in [3.63, 3.8) is 0 Å². The summed E-state index contributed by atoms with van der Waals surface area (Å²) in [5, 5.41) is 10.3. The van der Waals surface area contributed by atoms with E-state index in [1.165, 1.54) is 86.6 Å². The predicted octanol–water partition coefficient (Wildman–Crippen LogP) is 12.6. The molecule has 0 fully saturated rings. The predicted molar refractivity (Wildman–Crippen MR) is 270 cm³/mol. The van der Waals surface area contributed by atoms with Crippen molar-refractivity contribution in [3.05, 3.63) is 255 Å². The number of hydrogen-bond acceptors (Lipinski definition) is 0. The van der Waals surface area contributed by atoms with Crippen LogP contribution in [-0.4, -0.2) is 17.2 Å². The highest BCUT2D eigenvalue weighted by atomic mass is 28.3. The van der Waals surface area contributed by atoms with E-state index in [1.54, 1.807) is 0 Å². The number of hydrogen-bond donors (Lipinski definition) is 0. The molecular formula is C60H42N2Si. The lowest BCUT2D eigenvalue weighted by Crippen LogP contribution is -2.75. The lowest BCUT2D eigenvalue weighted by Gasteiger charge is -2.35. The zero-order valence-electron chi connectivity index (χ0n) is 34.6. The number of aromatic nitrogens is 2. The van der Waals surface area contributed by atoms with E-state index in [4.69, 9.17) is 0 Å². The van der Waals surface area contributed by atoms with Crippen molar-refractivity contribution in [2.75, 3.05) is 0 Å². The minimum Gasteiger partial charge on any atom is -0.307 e. The number of nitrogens with zero attached hydrogens (tertiary/aromatic N) is 2. The van der Waals surface area contributed by atoms with Gasteiger partial charge in [-0.2, -0.15) is 0 Å². The fourth-order valence-electron chi connectivity index (χ4n) is 10.5. The van der Waals surface area contributed by atoms with Crippen LogP contribution in [-0.2, 0) is 0 Å². The van der Waals surface area contributed by atoms with Crippen LogP contribution < -0.4 is 20.7 Å². The van der Waals surface area contributed by atoms with Gasteiger partial charge in [-0.3, -0.25) is 0 Å². The normalized spacial score (nSPS) is 11.8. The molecule has 12 rings (SSSR count). The first-order chi connectivity index (χ1) is 31.3. The summed E-state index contributed by atoms with van der Waals surface area (Å²) < 4.78 is 5.19. The summed E-state index contributed by atoms with van der Waals surface area (Å²) in [5.74, 6) is 0. The van der Waals surface area contributed by atoms with Crippen molar-refractivity contribution in [3.8, 4) is 33.6 Å². The molecule has 0 saturated heterocycles. The van der Waals surface area contributed by atoms with Crippen molar-refractivity contribution in [1.29, 1.82) is 0 Å². The minimum atomic E-state index is -3.00. The van der Waals surface area contributed by atoms with Gasteiger partial charge in [-0.15, -0.1) is 0 Å². The molecule has 2 aromatic heterocycles. The van der Waals surface area contributed by atoms with E-state index in [0.29, 0.717) is 0 Å². The van der Waals surface area contributed by atoms with Gasteiger partial charge in [0, 0.05) is 32.7 Å². The fraction of sp³-hybridized carbons (Fsp3) is 0. The SMILES string of the molecule is c1ccc(-c2cccc(-c3ccccc3)c2-n2c3ccccc3c3cccc(-n4c5ccccc5c5cccc([Si](c6ccccc6)(c6ccccc6)c6ccccc6)c54)c32)cc1. The Morgan fingerprint density at radius 3 is 1.16 bits per heavy atom. The summed E-state index contributed by atoms with van der Waals surface area (Å²) in [7, 11) is -3.00. The van der Waals surface area contributed by atoms with Crippen molar-refractivity contribution in [2.45, 2.75) is 0 Å². The maximum atomic E-state index is 2.61. The number of rotatable bonds is 8. The average Bonchev–Trinajstić information content (AvgIpc) is 3.89. The molecule has 2 heterocycles. The van der Waals surface area contributed by atoms with Crippen LogP contribution in [0.25, 0.3) is 77.2 Å². The molecule has 0 saturated carbocycles. The van der Waals surface area contributed by atoms with E-state index in [-0.39, 0.29) is 0 Å². The fourth-order valence-corrected chi connectivity index (χ4v) is 15.5. The van der Waals surface area contributed by atoms with Crippen LogP contribution in [0.5, 0.6) is 0 Å². The lowest BCUT2D eigenvalue weighted by molar-refractivity contribution is 1.13. The number of fused-ring (bicyclic) bond motifs is 6. The molecule has 10 aromatic carbocycles. The topological polar surface area (TPSA) is 9.86 Å². The van der Waals surface area contributed by atoms with Gasteiger partial charge in [-0.05, 0) is 50.1 Å². The Labute approximate surface area is 368 Å². The molecule has 0 aliphatic heterocycles. The molecular weight excluding hydrogens is 777 g/mol. The molecule has 0 unspecified atom stereocenters. The second-order valence-electron chi connectivity index (χ2n) is 16.4. The van der Waals surface area contributed by atoms with Gasteiger partial charge in [0.15, 0.2) is 8.07 Å². The smallest absolute Gasteiger partial charge is 0.181 e. The van der Waals surface area contributed by atoms with E-state index in [9.17, 15) is 0 Å². The summed E-state index contributed by atoms with van der Waals surface area (Å²) in [6, 6.07) is 94.4. The molecule has 0 atom stereocenters. The Hall–Kier alpha value is -7.98. The molecule has 0 aliphatic carbocycles. The van der Waals surface area contributed by atoms with Crippen molar-refractivity contribution < 1.29 is 0 Å². The van der Waals surface area contributed by atoms with Crippen LogP contribution in [0.4, 0.5) is 0 Å². The number of para-hydroxylation sites is 5. The third-order valence-corrected chi connectivity index (χ3v) is 17.9. The van der Waals surface area contributed by atoms with Crippen LogP contribution >= 0.6 is 0 Å². The van der Waals surface area contributed by atoms with Gasteiger partial charge in [0.2, 0.25) is 0 Å². The van der Waals surface area contributed by atoms with Gasteiger partial charge in [-0.1, -0.05) is 237 Å². The molecule has 3 heteroatoms. The quantitative estimate of drug-likeness (QED) is 0.107. The zero-order chi connectivity index (χ0) is 41.7. The van der Waals surface area contributed by atoms with Gasteiger partial charge in [-0.25, -0.2) is 0 Å². The average molecular weight is 819 g/mol. The summed E-state index contributed by atoms with van der Waals surface area (Å²) in [6.45, 7) is 0. The Morgan fingerprint density at radius 2 is 0.651 bits per heavy atom. The van der Waals surface area contributed by atoms with Crippen LogP contribution in [0.2, 0.25) is 0 Å². The largest absolute Gasteiger partial charge is 0.307 e. The molecule has 12 aromatic rings. The van der Waals surface area contributed by atoms with Crippen molar-refractivity contribution in [1.82, 2.24) is 9.13 Å². The standard InChI is InChI=1S/C60H42N2Si/c1-6-23-43(24-7-1)48-35-20-36-49(44-25-8-2-9-26-44)58(48)62-55-40-19-17-33-50(55)52-37-21-41-56(59(52)62)61-54-39-18-16-34-51(54)53-38-22-42-57(60(53)61)63(45-27-10-3-11-28-45,46-29-12-4-13-30-46)47-31-14-5-15-32-47/h1-42H. The van der Waals surface area contributed by atoms with E-state index in [2.05, 4.69) is 264 Å². The van der Waals surface area contributed by atoms with E-state index in [0.717, 1.165) is 11.4 Å². The highest BCUT2D eigenvalue weighted by Crippen LogP contribution is 2.44. The Kier molecular flexibility index (Phi) is 8.87. The highest BCUT2D eigenvalue weighted by Gasteiger charge is 2.43. The summed E-state index contributed by atoms with van der Waals surface area (Å²) >= 11 is 0. The zero-order valence-corrected chi connectivity index (χ0v) is 35.6. The first-order valence-electron chi connectivity index (χ1n) is 21.8. The third kappa shape index (κ3) is 5.71. The highest BCUT2D eigenvalue weighted by molar-refractivity contribution is 7.20. The molecule has 0 N–H and O–H groups in total. The molecule has 63 heavy (non-hydrogen) atoms. The molecule has 0 spiro atoms. The first kappa shape index (κ1) is 36.8. The lowest BCUT2D eigenvalue weighted by atomic mass is 9.95. The second kappa shape index (κ2) is 15.2. The van der Waals surface area contributed by atoms with E-state index >= 15 is 0 Å². The molecule has 2 nitrogen and oxygen atoms in total. The van der Waals surface area contributed by atoms with Crippen LogP contribution in [0.3, 0.4) is 0 Å². The molecule has 0 bridgehead atoms. The summed E-state index contributed by atoms with van der Waals surface area (Å²) in [5.41, 5.74) is 11.8. The van der Waals surface area contributed by atoms with Crippen molar-refractivity contribution in [2.24, 2.45) is 0 Å². The van der Waals surface area contributed by atoms with E-state index < -0.39 is 8.07 Å². The summed E-state index contributed by atoms with van der Waals surface area (Å²) in [6.07, 6.45) is 0. The Bertz CT molecular complexity index is 3440. The van der Waals surface area contributed by atoms with Gasteiger partial charge in [0.25, 0.3) is 0 Å².